The van der Waals surface area contributed by atoms with Crippen LogP contribution in [-0.2, 0) is 0 Å². The number of anilines is 3. The van der Waals surface area contributed by atoms with Crippen molar-refractivity contribution in [3.8, 4) is 11.5 Å². The summed E-state index contributed by atoms with van der Waals surface area (Å²) in [5.41, 5.74) is 2.74. The average molecular weight is 378 g/mol. The number of rotatable bonds is 7. The number of hydrogen-bond acceptors (Lipinski definition) is 6. The van der Waals surface area contributed by atoms with Gasteiger partial charge in [0.05, 0.1) is 31.8 Å². The van der Waals surface area contributed by atoms with Gasteiger partial charge in [0, 0.05) is 5.69 Å². The second kappa shape index (κ2) is 8.85. The second-order valence-corrected chi connectivity index (χ2v) is 6.03. The zero-order valence-corrected chi connectivity index (χ0v) is 16.0. The Kier molecular flexibility index (Phi) is 6.06. The molecule has 1 amide bonds. The molecule has 0 saturated heterocycles. The SMILES string of the molecule is CCOc1ccc(NC(=O)c2cnc(Nc3cc(C)ccc3OC)cn2)cc1. The molecule has 2 aromatic carbocycles. The van der Waals surface area contributed by atoms with Crippen molar-refractivity contribution in [1.82, 2.24) is 9.97 Å². The molecule has 0 fully saturated rings. The molecule has 0 atom stereocenters. The van der Waals surface area contributed by atoms with Crippen molar-refractivity contribution in [2.24, 2.45) is 0 Å². The van der Waals surface area contributed by atoms with Crippen LogP contribution in [0.5, 0.6) is 11.5 Å². The summed E-state index contributed by atoms with van der Waals surface area (Å²) >= 11 is 0. The standard InChI is InChI=1S/C21H22N4O3/c1-4-28-16-8-6-15(7-9-16)24-21(26)18-12-23-20(13-22-18)25-17-11-14(2)5-10-19(17)27-3/h5-13H,4H2,1-3H3,(H,23,25)(H,24,26). The smallest absolute Gasteiger partial charge is 0.275 e. The predicted octanol–water partition coefficient (Wildman–Crippen LogP) is 4.19. The highest BCUT2D eigenvalue weighted by Gasteiger charge is 2.10. The Morgan fingerprint density at radius 2 is 1.86 bits per heavy atom. The van der Waals surface area contributed by atoms with Gasteiger partial charge in [0.15, 0.2) is 0 Å². The first-order valence-corrected chi connectivity index (χ1v) is 8.87. The summed E-state index contributed by atoms with van der Waals surface area (Å²) in [7, 11) is 1.61. The van der Waals surface area contributed by atoms with Crippen molar-refractivity contribution in [1.29, 1.82) is 0 Å². The molecule has 1 heterocycles. The van der Waals surface area contributed by atoms with Gasteiger partial charge in [-0.05, 0) is 55.8 Å². The van der Waals surface area contributed by atoms with Crippen molar-refractivity contribution in [3.05, 3.63) is 66.1 Å². The number of methoxy groups -OCH3 is 1. The highest BCUT2D eigenvalue weighted by atomic mass is 16.5. The molecule has 7 nitrogen and oxygen atoms in total. The second-order valence-electron chi connectivity index (χ2n) is 6.03. The molecule has 2 N–H and O–H groups in total. The highest BCUT2D eigenvalue weighted by molar-refractivity contribution is 6.02. The molecule has 7 heteroatoms. The molecule has 144 valence electrons. The molecule has 0 unspecified atom stereocenters. The van der Waals surface area contributed by atoms with Crippen LogP contribution in [-0.4, -0.2) is 29.6 Å². The maximum absolute atomic E-state index is 12.4. The minimum Gasteiger partial charge on any atom is -0.495 e. The van der Waals surface area contributed by atoms with E-state index in [1.165, 1.54) is 12.4 Å². The topological polar surface area (TPSA) is 85.4 Å². The van der Waals surface area contributed by atoms with Gasteiger partial charge in [-0.25, -0.2) is 9.97 Å². The normalized spacial score (nSPS) is 10.2. The van der Waals surface area contributed by atoms with Gasteiger partial charge in [-0.1, -0.05) is 6.07 Å². The Balaban J connectivity index is 1.66. The van der Waals surface area contributed by atoms with E-state index in [1.807, 2.05) is 32.0 Å². The van der Waals surface area contributed by atoms with E-state index in [1.54, 1.807) is 31.4 Å². The van der Waals surface area contributed by atoms with Gasteiger partial charge >= 0.3 is 0 Å². The monoisotopic (exact) mass is 378 g/mol. The largest absolute Gasteiger partial charge is 0.495 e. The van der Waals surface area contributed by atoms with Gasteiger partial charge in [0.25, 0.3) is 5.91 Å². The lowest BCUT2D eigenvalue weighted by atomic mass is 10.2. The number of nitrogens with one attached hydrogen (secondary N) is 2. The first kappa shape index (κ1) is 19.2. The Bertz CT molecular complexity index is 941. The number of carbonyl (C=O) groups is 1. The number of hydrogen-bond donors (Lipinski definition) is 2. The number of amides is 1. The lowest BCUT2D eigenvalue weighted by molar-refractivity contribution is 0.102. The summed E-state index contributed by atoms with van der Waals surface area (Å²) in [5.74, 6) is 1.63. The molecule has 28 heavy (non-hydrogen) atoms. The fourth-order valence-electron chi connectivity index (χ4n) is 2.56. The van der Waals surface area contributed by atoms with E-state index >= 15 is 0 Å². The van der Waals surface area contributed by atoms with Crippen LogP contribution in [0.3, 0.4) is 0 Å². The Morgan fingerprint density at radius 1 is 1.07 bits per heavy atom. The third-order valence-corrected chi connectivity index (χ3v) is 3.93. The molecular formula is C21H22N4O3. The predicted molar refractivity (Wildman–Crippen MR) is 109 cm³/mol. The number of aromatic nitrogens is 2. The van der Waals surface area contributed by atoms with Crippen LogP contribution in [0.25, 0.3) is 0 Å². The Morgan fingerprint density at radius 3 is 2.50 bits per heavy atom. The van der Waals surface area contributed by atoms with Gasteiger partial charge in [-0.3, -0.25) is 4.79 Å². The Hall–Kier alpha value is -3.61. The first-order chi connectivity index (χ1) is 13.6. The molecule has 3 rings (SSSR count). The van der Waals surface area contributed by atoms with Crippen molar-refractivity contribution in [3.63, 3.8) is 0 Å². The fraction of sp³-hybridized carbons (Fsp3) is 0.190. The maximum atomic E-state index is 12.4. The number of nitrogens with zero attached hydrogens (tertiary/aromatic N) is 2. The van der Waals surface area contributed by atoms with E-state index in [0.717, 1.165) is 17.0 Å². The molecule has 1 aromatic heterocycles. The van der Waals surface area contributed by atoms with Crippen LogP contribution in [0.15, 0.2) is 54.9 Å². The quantitative estimate of drug-likeness (QED) is 0.641. The number of benzene rings is 2. The van der Waals surface area contributed by atoms with Crippen LogP contribution in [0.2, 0.25) is 0 Å². The number of ether oxygens (including phenoxy) is 2. The lowest BCUT2D eigenvalue weighted by Gasteiger charge is -2.11. The van der Waals surface area contributed by atoms with Crippen LogP contribution in [0.1, 0.15) is 23.0 Å². The summed E-state index contributed by atoms with van der Waals surface area (Å²) in [6.07, 6.45) is 2.93. The van der Waals surface area contributed by atoms with Crippen LogP contribution >= 0.6 is 0 Å². The van der Waals surface area contributed by atoms with Crippen LogP contribution in [0, 0.1) is 6.92 Å². The molecule has 0 aliphatic carbocycles. The molecule has 3 aromatic rings. The minimum atomic E-state index is -0.337. The summed E-state index contributed by atoms with van der Waals surface area (Å²) in [5, 5.41) is 5.94. The van der Waals surface area contributed by atoms with Crippen molar-refractivity contribution in [2.75, 3.05) is 24.4 Å². The zero-order chi connectivity index (χ0) is 19.9. The summed E-state index contributed by atoms with van der Waals surface area (Å²) in [6.45, 7) is 4.50. The lowest BCUT2D eigenvalue weighted by Crippen LogP contribution is -2.14. The molecule has 0 aliphatic rings. The molecule has 0 saturated carbocycles. The zero-order valence-electron chi connectivity index (χ0n) is 16.0. The van der Waals surface area contributed by atoms with E-state index in [9.17, 15) is 4.79 Å². The van der Waals surface area contributed by atoms with Crippen LogP contribution in [0.4, 0.5) is 17.2 Å². The van der Waals surface area contributed by atoms with Crippen molar-refractivity contribution < 1.29 is 14.3 Å². The highest BCUT2D eigenvalue weighted by Crippen LogP contribution is 2.27. The molecular weight excluding hydrogens is 356 g/mol. The average Bonchev–Trinajstić information content (AvgIpc) is 2.70. The van der Waals surface area contributed by atoms with E-state index in [4.69, 9.17) is 9.47 Å². The van der Waals surface area contributed by atoms with E-state index in [-0.39, 0.29) is 11.6 Å². The molecule has 0 spiro atoms. The van der Waals surface area contributed by atoms with Crippen molar-refractivity contribution in [2.45, 2.75) is 13.8 Å². The third kappa shape index (κ3) is 4.76. The summed E-state index contributed by atoms with van der Waals surface area (Å²) < 4.78 is 10.7. The maximum Gasteiger partial charge on any atom is 0.275 e. The van der Waals surface area contributed by atoms with Gasteiger partial charge in [0.2, 0.25) is 0 Å². The number of aryl methyl sites for hydroxylation is 1. The molecule has 0 aliphatic heterocycles. The van der Waals surface area contributed by atoms with Gasteiger partial charge in [0.1, 0.15) is 23.0 Å². The van der Waals surface area contributed by atoms with Gasteiger partial charge < -0.3 is 20.1 Å². The summed E-state index contributed by atoms with van der Waals surface area (Å²) in [6, 6.07) is 12.9. The fourth-order valence-corrected chi connectivity index (χ4v) is 2.56. The van der Waals surface area contributed by atoms with Gasteiger partial charge in [-0.2, -0.15) is 0 Å². The first-order valence-electron chi connectivity index (χ1n) is 8.87. The van der Waals surface area contributed by atoms with E-state index in [0.29, 0.717) is 23.9 Å². The molecule has 0 bridgehead atoms. The third-order valence-electron chi connectivity index (χ3n) is 3.93. The van der Waals surface area contributed by atoms with E-state index < -0.39 is 0 Å². The van der Waals surface area contributed by atoms with Crippen LogP contribution < -0.4 is 20.1 Å². The molecule has 0 radical (unpaired) electrons. The Labute approximate surface area is 163 Å². The van der Waals surface area contributed by atoms with Crippen molar-refractivity contribution >= 4 is 23.1 Å². The van der Waals surface area contributed by atoms with Gasteiger partial charge in [-0.15, -0.1) is 0 Å². The number of carbonyl (C=O) groups excluding carboxylic acids is 1. The van der Waals surface area contributed by atoms with E-state index in [2.05, 4.69) is 20.6 Å². The minimum absolute atomic E-state index is 0.218. The summed E-state index contributed by atoms with van der Waals surface area (Å²) in [4.78, 5) is 20.8.